The highest BCUT2D eigenvalue weighted by atomic mass is 16.5. The molecule has 0 heterocycles. The quantitative estimate of drug-likeness (QED) is 0.713. The molecule has 0 spiro atoms. The van der Waals surface area contributed by atoms with Crippen LogP contribution >= 0.6 is 0 Å². The van der Waals surface area contributed by atoms with E-state index in [-0.39, 0.29) is 5.97 Å². The lowest BCUT2D eigenvalue weighted by atomic mass is 10.1. The number of esters is 1. The molecule has 1 aromatic rings. The van der Waals surface area contributed by atoms with E-state index < -0.39 is 0 Å². The highest BCUT2D eigenvalue weighted by molar-refractivity contribution is 5.95. The lowest BCUT2D eigenvalue weighted by Gasteiger charge is -2.20. The van der Waals surface area contributed by atoms with Crippen LogP contribution in [0.4, 0.5) is 5.69 Å². The van der Waals surface area contributed by atoms with Gasteiger partial charge in [-0.3, -0.25) is 0 Å². The average molecular weight is 263 g/mol. The number of hydrogen-bond acceptors (Lipinski definition) is 3. The molecule has 0 saturated heterocycles. The van der Waals surface area contributed by atoms with E-state index in [1.807, 2.05) is 31.2 Å². The summed E-state index contributed by atoms with van der Waals surface area (Å²) in [5, 5.41) is 3.49. The minimum Gasteiger partial charge on any atom is -0.462 e. The number of benzene rings is 1. The largest absolute Gasteiger partial charge is 0.462 e. The van der Waals surface area contributed by atoms with Crippen molar-refractivity contribution in [1.82, 2.24) is 0 Å². The second kappa shape index (κ2) is 8.57. The Balaban J connectivity index is 2.83. The predicted octanol–water partition coefficient (Wildman–Crippen LogP) is 4.24. The van der Waals surface area contributed by atoms with Crippen LogP contribution in [-0.2, 0) is 4.74 Å². The molecular formula is C16H25NO2. The first kappa shape index (κ1) is 15.5. The molecule has 19 heavy (non-hydrogen) atoms. The molecule has 1 rings (SSSR count). The van der Waals surface area contributed by atoms with Gasteiger partial charge in [0.25, 0.3) is 0 Å². The van der Waals surface area contributed by atoms with Crippen LogP contribution in [0.2, 0.25) is 0 Å². The number of hydrogen-bond donors (Lipinski definition) is 1. The molecule has 0 bridgehead atoms. The van der Waals surface area contributed by atoms with Gasteiger partial charge in [-0.25, -0.2) is 4.79 Å². The third-order valence-electron chi connectivity index (χ3n) is 3.06. The monoisotopic (exact) mass is 263 g/mol. The van der Waals surface area contributed by atoms with Crippen molar-refractivity contribution in [3.8, 4) is 0 Å². The van der Waals surface area contributed by atoms with Gasteiger partial charge in [0.05, 0.1) is 12.2 Å². The van der Waals surface area contributed by atoms with Gasteiger partial charge in [0.2, 0.25) is 0 Å². The van der Waals surface area contributed by atoms with Gasteiger partial charge in [-0.15, -0.1) is 0 Å². The third kappa shape index (κ3) is 4.93. The van der Waals surface area contributed by atoms with Gasteiger partial charge in [-0.1, -0.05) is 38.8 Å². The summed E-state index contributed by atoms with van der Waals surface area (Å²) in [6, 6.07) is 8.00. The van der Waals surface area contributed by atoms with Crippen molar-refractivity contribution in [3.05, 3.63) is 29.8 Å². The van der Waals surface area contributed by atoms with Gasteiger partial charge >= 0.3 is 5.97 Å². The summed E-state index contributed by atoms with van der Waals surface area (Å²) < 4.78 is 5.09. The molecule has 1 N–H and O–H groups in total. The molecule has 0 aliphatic rings. The van der Waals surface area contributed by atoms with Crippen molar-refractivity contribution >= 4 is 11.7 Å². The lowest BCUT2D eigenvalue weighted by molar-refractivity contribution is 0.0527. The highest BCUT2D eigenvalue weighted by Gasteiger charge is 2.14. The number of carbonyl (C=O) groups excluding carboxylic acids is 1. The van der Waals surface area contributed by atoms with Crippen LogP contribution in [-0.4, -0.2) is 18.6 Å². The fourth-order valence-electron chi connectivity index (χ4n) is 2.20. The minimum atomic E-state index is -0.252. The molecule has 0 unspecified atom stereocenters. The van der Waals surface area contributed by atoms with Crippen LogP contribution in [0.1, 0.15) is 56.8 Å². The molecule has 0 atom stereocenters. The first-order valence-electron chi connectivity index (χ1n) is 7.25. The Hall–Kier alpha value is -1.51. The van der Waals surface area contributed by atoms with Crippen molar-refractivity contribution in [1.29, 1.82) is 0 Å². The fraction of sp³-hybridized carbons (Fsp3) is 0.562. The van der Waals surface area contributed by atoms with Crippen LogP contribution in [0, 0.1) is 0 Å². The molecule has 106 valence electrons. The van der Waals surface area contributed by atoms with Gasteiger partial charge < -0.3 is 10.1 Å². The Kier molecular flexibility index (Phi) is 7.01. The second-order valence-corrected chi connectivity index (χ2v) is 4.68. The summed E-state index contributed by atoms with van der Waals surface area (Å²) in [5.41, 5.74) is 1.51. The summed E-state index contributed by atoms with van der Waals surface area (Å²) in [7, 11) is 0. The van der Waals surface area contributed by atoms with Gasteiger partial charge in [-0.2, -0.15) is 0 Å². The Morgan fingerprint density at radius 1 is 1.16 bits per heavy atom. The summed E-state index contributed by atoms with van der Waals surface area (Å²) in [4.78, 5) is 11.9. The first-order chi connectivity index (χ1) is 9.22. The molecular weight excluding hydrogens is 238 g/mol. The van der Waals surface area contributed by atoms with E-state index in [1.54, 1.807) is 0 Å². The van der Waals surface area contributed by atoms with Crippen molar-refractivity contribution in [2.45, 2.75) is 52.5 Å². The van der Waals surface area contributed by atoms with Crippen molar-refractivity contribution in [2.24, 2.45) is 0 Å². The number of carbonyl (C=O) groups is 1. The van der Waals surface area contributed by atoms with E-state index >= 15 is 0 Å². The second-order valence-electron chi connectivity index (χ2n) is 4.68. The number of para-hydroxylation sites is 1. The Morgan fingerprint density at radius 2 is 1.79 bits per heavy atom. The predicted molar refractivity (Wildman–Crippen MR) is 79.6 cm³/mol. The molecule has 0 amide bonds. The third-order valence-corrected chi connectivity index (χ3v) is 3.06. The molecule has 0 aliphatic carbocycles. The van der Waals surface area contributed by atoms with Gasteiger partial charge in [0.1, 0.15) is 0 Å². The SMILES string of the molecule is CCCC(CCC)Nc1ccccc1C(=O)OCC. The molecule has 0 fully saturated rings. The zero-order chi connectivity index (χ0) is 14.1. The first-order valence-corrected chi connectivity index (χ1v) is 7.25. The maximum Gasteiger partial charge on any atom is 0.340 e. The van der Waals surface area contributed by atoms with Crippen LogP contribution in [0.25, 0.3) is 0 Å². The number of nitrogens with one attached hydrogen (secondary N) is 1. The van der Waals surface area contributed by atoms with Crippen LogP contribution in [0.3, 0.4) is 0 Å². The van der Waals surface area contributed by atoms with Gasteiger partial charge in [0, 0.05) is 11.7 Å². The zero-order valence-corrected chi connectivity index (χ0v) is 12.2. The van der Waals surface area contributed by atoms with E-state index in [9.17, 15) is 4.79 Å². The van der Waals surface area contributed by atoms with Crippen LogP contribution in [0.5, 0.6) is 0 Å². The van der Waals surface area contributed by atoms with Crippen molar-refractivity contribution in [3.63, 3.8) is 0 Å². The molecule has 0 aromatic heterocycles. The summed E-state index contributed by atoms with van der Waals surface area (Å²) in [5.74, 6) is -0.252. The standard InChI is InChI=1S/C16H25NO2/c1-4-9-13(10-5-2)17-15-12-8-7-11-14(15)16(18)19-6-3/h7-8,11-13,17H,4-6,9-10H2,1-3H3. The topological polar surface area (TPSA) is 38.3 Å². The molecule has 1 aromatic carbocycles. The van der Waals surface area contributed by atoms with E-state index in [0.29, 0.717) is 18.2 Å². The Labute approximate surface area is 116 Å². The van der Waals surface area contributed by atoms with Crippen LogP contribution < -0.4 is 5.32 Å². The molecule has 3 heteroatoms. The molecule has 0 aliphatic heterocycles. The summed E-state index contributed by atoms with van der Waals surface area (Å²) in [6.45, 7) is 6.59. The number of anilines is 1. The van der Waals surface area contributed by atoms with E-state index in [2.05, 4.69) is 19.2 Å². The Morgan fingerprint density at radius 3 is 2.37 bits per heavy atom. The molecule has 0 radical (unpaired) electrons. The summed E-state index contributed by atoms with van der Waals surface area (Å²) in [6.07, 6.45) is 4.51. The Bertz CT molecular complexity index is 384. The highest BCUT2D eigenvalue weighted by Crippen LogP contribution is 2.20. The smallest absolute Gasteiger partial charge is 0.340 e. The molecule has 0 saturated carbocycles. The van der Waals surface area contributed by atoms with E-state index in [1.165, 1.54) is 0 Å². The average Bonchev–Trinajstić information content (AvgIpc) is 2.40. The normalized spacial score (nSPS) is 10.5. The number of ether oxygens (including phenoxy) is 1. The zero-order valence-electron chi connectivity index (χ0n) is 12.2. The van der Waals surface area contributed by atoms with Gasteiger partial charge in [0.15, 0.2) is 0 Å². The van der Waals surface area contributed by atoms with E-state index in [0.717, 1.165) is 31.4 Å². The van der Waals surface area contributed by atoms with Gasteiger partial charge in [-0.05, 0) is 31.9 Å². The van der Waals surface area contributed by atoms with Crippen LogP contribution in [0.15, 0.2) is 24.3 Å². The lowest BCUT2D eigenvalue weighted by Crippen LogP contribution is -2.21. The van der Waals surface area contributed by atoms with Crippen molar-refractivity contribution in [2.75, 3.05) is 11.9 Å². The number of rotatable bonds is 8. The maximum absolute atomic E-state index is 11.9. The fourth-order valence-corrected chi connectivity index (χ4v) is 2.20. The molecule has 3 nitrogen and oxygen atoms in total. The van der Waals surface area contributed by atoms with Crippen molar-refractivity contribution < 1.29 is 9.53 Å². The van der Waals surface area contributed by atoms with E-state index in [4.69, 9.17) is 4.74 Å². The minimum absolute atomic E-state index is 0.252. The summed E-state index contributed by atoms with van der Waals surface area (Å²) >= 11 is 0. The maximum atomic E-state index is 11.9.